The number of carbonyl (C=O) groups is 1. The number of hydrogen-bond donors (Lipinski definition) is 1. The van der Waals surface area contributed by atoms with Gasteiger partial charge in [0.2, 0.25) is 0 Å². The van der Waals surface area contributed by atoms with E-state index in [0.29, 0.717) is 24.1 Å². The first-order chi connectivity index (χ1) is 23.1. The summed E-state index contributed by atoms with van der Waals surface area (Å²) in [5.74, 6) is -0.334. The first kappa shape index (κ1) is 47.5. The lowest BCUT2D eigenvalue weighted by molar-refractivity contribution is -0.870. The summed E-state index contributed by atoms with van der Waals surface area (Å²) >= 11 is 0. The predicted molar refractivity (Wildman–Crippen MR) is 201 cm³/mol. The average molecular weight is 707 g/mol. The Kier molecular flexibility index (Phi) is 33.3. The van der Waals surface area contributed by atoms with Crippen LogP contribution >= 0.6 is 7.82 Å². The Morgan fingerprint density at radius 1 is 0.562 bits per heavy atom. The molecule has 0 radical (unpaired) electrons. The molecule has 0 saturated heterocycles. The Bertz CT molecular complexity index is 746. The second-order valence-corrected chi connectivity index (χ2v) is 16.5. The minimum Gasteiger partial charge on any atom is -0.457 e. The van der Waals surface area contributed by atoms with E-state index in [0.717, 1.165) is 32.1 Å². The van der Waals surface area contributed by atoms with E-state index in [-0.39, 0.29) is 25.8 Å². The smallest absolute Gasteiger partial charge is 0.457 e. The summed E-state index contributed by atoms with van der Waals surface area (Å²) in [4.78, 5) is 22.3. The lowest BCUT2D eigenvalue weighted by Gasteiger charge is -2.24. The Morgan fingerprint density at radius 2 is 0.958 bits per heavy atom. The van der Waals surface area contributed by atoms with E-state index in [2.05, 4.69) is 13.8 Å². The number of likely N-dealkylation sites (N-methyl/N-ethyl adjacent to an activating group) is 1. The molecular formula is C39H81NO7P+. The molecule has 0 aliphatic heterocycles. The topological polar surface area (TPSA) is 91.3 Å². The first-order valence-corrected chi connectivity index (χ1v) is 21.8. The van der Waals surface area contributed by atoms with Crippen LogP contribution in [0.2, 0.25) is 0 Å². The average Bonchev–Trinajstić information content (AvgIpc) is 3.03. The van der Waals surface area contributed by atoms with Crippen LogP contribution in [0.25, 0.3) is 0 Å². The van der Waals surface area contributed by atoms with Gasteiger partial charge >= 0.3 is 13.8 Å². The zero-order valence-corrected chi connectivity index (χ0v) is 33.4. The van der Waals surface area contributed by atoms with Gasteiger partial charge in [0.1, 0.15) is 19.3 Å². The lowest BCUT2D eigenvalue weighted by atomic mass is 10.0. The number of ether oxygens (including phenoxy) is 2. The molecule has 0 spiro atoms. The Hall–Kier alpha value is -0.500. The molecule has 0 aromatic carbocycles. The van der Waals surface area contributed by atoms with Crippen molar-refractivity contribution in [3.8, 4) is 0 Å². The van der Waals surface area contributed by atoms with Gasteiger partial charge in [-0.2, -0.15) is 0 Å². The van der Waals surface area contributed by atoms with Crippen molar-refractivity contribution in [2.45, 2.75) is 193 Å². The quantitative estimate of drug-likeness (QED) is 0.0296. The third-order valence-electron chi connectivity index (χ3n) is 8.92. The van der Waals surface area contributed by atoms with E-state index in [4.69, 9.17) is 18.5 Å². The van der Waals surface area contributed by atoms with Crippen LogP contribution in [0, 0.1) is 0 Å². The van der Waals surface area contributed by atoms with E-state index >= 15 is 0 Å². The van der Waals surface area contributed by atoms with Crippen molar-refractivity contribution in [2.75, 3.05) is 54.1 Å². The fourth-order valence-electron chi connectivity index (χ4n) is 5.73. The van der Waals surface area contributed by atoms with Crippen LogP contribution in [-0.4, -0.2) is 75.6 Å². The largest absolute Gasteiger partial charge is 0.472 e. The van der Waals surface area contributed by atoms with Crippen molar-refractivity contribution in [1.82, 2.24) is 0 Å². The molecule has 0 aromatic heterocycles. The maximum Gasteiger partial charge on any atom is 0.472 e. The molecule has 0 aromatic rings. The normalized spacial score (nSPS) is 13.9. The monoisotopic (exact) mass is 707 g/mol. The highest BCUT2D eigenvalue weighted by Crippen LogP contribution is 2.43. The number of rotatable bonds is 38. The molecule has 2 atom stereocenters. The predicted octanol–water partition coefficient (Wildman–Crippen LogP) is 11.3. The maximum absolute atomic E-state index is 12.3. The van der Waals surface area contributed by atoms with Gasteiger partial charge < -0.3 is 18.9 Å². The number of phosphoric acid groups is 1. The SMILES string of the molecule is CCCCCCCCCCCCCCCCCCCCCCCCCOCC(COP(=O)(O)OCC[N+](C)(C)C)OC(=O)CCCCC. The van der Waals surface area contributed by atoms with E-state index in [1.165, 1.54) is 135 Å². The Morgan fingerprint density at radius 3 is 1.38 bits per heavy atom. The highest BCUT2D eigenvalue weighted by Gasteiger charge is 2.26. The third-order valence-corrected chi connectivity index (χ3v) is 9.90. The van der Waals surface area contributed by atoms with Crippen LogP contribution in [0.5, 0.6) is 0 Å². The van der Waals surface area contributed by atoms with Crippen molar-refractivity contribution in [3.05, 3.63) is 0 Å². The molecular weight excluding hydrogens is 625 g/mol. The van der Waals surface area contributed by atoms with Gasteiger partial charge in [-0.25, -0.2) is 4.57 Å². The summed E-state index contributed by atoms with van der Waals surface area (Å²) in [6.07, 6.45) is 33.7. The second-order valence-electron chi connectivity index (χ2n) is 15.0. The number of phosphoric ester groups is 1. The summed E-state index contributed by atoms with van der Waals surface area (Å²) in [5, 5.41) is 0. The Labute approximate surface area is 298 Å². The van der Waals surface area contributed by atoms with E-state index in [1.54, 1.807) is 0 Å². The Balaban J connectivity index is 3.79. The molecule has 0 fully saturated rings. The number of esters is 1. The van der Waals surface area contributed by atoms with E-state index in [1.807, 2.05) is 21.1 Å². The van der Waals surface area contributed by atoms with Crippen LogP contribution in [0.1, 0.15) is 187 Å². The van der Waals surface area contributed by atoms with Crippen LogP contribution in [-0.2, 0) is 27.9 Å². The number of nitrogens with zero attached hydrogens (tertiary/aromatic N) is 1. The number of carbonyl (C=O) groups excluding carboxylic acids is 1. The lowest BCUT2D eigenvalue weighted by Crippen LogP contribution is -2.37. The summed E-state index contributed by atoms with van der Waals surface area (Å²) < 4.78 is 34.5. The summed E-state index contributed by atoms with van der Waals surface area (Å²) in [5.41, 5.74) is 0. The second kappa shape index (κ2) is 33.6. The van der Waals surface area contributed by atoms with Crippen molar-refractivity contribution < 1.29 is 37.3 Å². The molecule has 288 valence electrons. The summed E-state index contributed by atoms with van der Waals surface area (Å²) in [6.45, 7) is 5.49. The molecule has 48 heavy (non-hydrogen) atoms. The molecule has 0 rings (SSSR count). The van der Waals surface area contributed by atoms with Crippen molar-refractivity contribution in [1.29, 1.82) is 0 Å². The van der Waals surface area contributed by atoms with Gasteiger partial charge in [0.05, 0.1) is 34.4 Å². The van der Waals surface area contributed by atoms with Gasteiger partial charge in [0.25, 0.3) is 0 Å². The standard InChI is InChI=1S/C39H80NO7P/c1-6-8-10-11-12-13-14-15-16-17-18-19-20-21-22-23-24-25-26-27-28-29-31-34-44-36-38(47-39(41)32-30-9-7-2)37-46-48(42,43)45-35-33-40(3,4)5/h38H,6-37H2,1-5H3/p+1. The van der Waals surface area contributed by atoms with Gasteiger partial charge in [-0.15, -0.1) is 0 Å². The number of hydrogen-bond acceptors (Lipinski definition) is 6. The molecule has 8 nitrogen and oxygen atoms in total. The number of quaternary nitrogens is 1. The van der Waals surface area contributed by atoms with Crippen molar-refractivity contribution in [2.24, 2.45) is 0 Å². The molecule has 9 heteroatoms. The fraction of sp³-hybridized carbons (Fsp3) is 0.974. The van der Waals surface area contributed by atoms with Gasteiger partial charge in [-0.1, -0.05) is 168 Å². The fourth-order valence-corrected chi connectivity index (χ4v) is 6.47. The van der Waals surface area contributed by atoms with E-state index < -0.39 is 13.9 Å². The van der Waals surface area contributed by atoms with Crippen LogP contribution < -0.4 is 0 Å². The summed E-state index contributed by atoms with van der Waals surface area (Å²) in [6, 6.07) is 0. The van der Waals surface area contributed by atoms with Crippen LogP contribution in [0.15, 0.2) is 0 Å². The molecule has 0 amide bonds. The molecule has 0 aliphatic carbocycles. The van der Waals surface area contributed by atoms with Gasteiger partial charge in [-0.3, -0.25) is 13.8 Å². The summed E-state index contributed by atoms with van der Waals surface area (Å²) in [7, 11) is 1.68. The van der Waals surface area contributed by atoms with Crippen LogP contribution in [0.4, 0.5) is 0 Å². The van der Waals surface area contributed by atoms with E-state index in [9.17, 15) is 14.3 Å². The zero-order chi connectivity index (χ0) is 35.6. The molecule has 0 heterocycles. The highest BCUT2D eigenvalue weighted by molar-refractivity contribution is 7.47. The highest BCUT2D eigenvalue weighted by atomic mass is 31.2. The minimum absolute atomic E-state index is 0.0921. The molecule has 0 saturated carbocycles. The van der Waals surface area contributed by atoms with Crippen LogP contribution in [0.3, 0.4) is 0 Å². The first-order valence-electron chi connectivity index (χ1n) is 20.3. The van der Waals surface area contributed by atoms with Gasteiger partial charge in [0, 0.05) is 13.0 Å². The molecule has 0 aliphatic rings. The van der Waals surface area contributed by atoms with Crippen molar-refractivity contribution >= 4 is 13.8 Å². The van der Waals surface area contributed by atoms with Gasteiger partial charge in [-0.05, 0) is 12.8 Å². The molecule has 0 bridgehead atoms. The van der Waals surface area contributed by atoms with Crippen molar-refractivity contribution in [3.63, 3.8) is 0 Å². The minimum atomic E-state index is -4.24. The van der Waals surface area contributed by atoms with Gasteiger partial charge in [0.15, 0.2) is 0 Å². The zero-order valence-electron chi connectivity index (χ0n) is 32.5. The molecule has 2 unspecified atom stereocenters. The third kappa shape index (κ3) is 36.8. The maximum atomic E-state index is 12.3. The number of unbranched alkanes of at least 4 members (excludes halogenated alkanes) is 24. The molecule has 1 N–H and O–H groups in total.